The van der Waals surface area contributed by atoms with E-state index < -0.39 is 6.10 Å². The molecule has 0 radical (unpaired) electrons. The quantitative estimate of drug-likeness (QED) is 0.756. The second-order valence-electron chi connectivity index (χ2n) is 5.60. The van der Waals surface area contributed by atoms with Crippen molar-refractivity contribution in [1.29, 1.82) is 0 Å². The number of aliphatic hydroxyl groups is 1. The van der Waals surface area contributed by atoms with Gasteiger partial charge in [0, 0.05) is 13.2 Å². The van der Waals surface area contributed by atoms with Crippen LogP contribution in [0.2, 0.25) is 0 Å². The van der Waals surface area contributed by atoms with Crippen molar-refractivity contribution in [3.63, 3.8) is 0 Å². The predicted octanol–water partition coefficient (Wildman–Crippen LogP) is 1.44. The number of hydrogen-bond acceptors (Lipinski definition) is 3. The van der Waals surface area contributed by atoms with E-state index in [4.69, 9.17) is 4.74 Å². The van der Waals surface area contributed by atoms with Gasteiger partial charge in [-0.1, -0.05) is 29.8 Å². The maximum atomic E-state index is 11.7. The molecule has 0 heterocycles. The number of hydrogen-bond donors (Lipinski definition) is 2. The highest BCUT2D eigenvalue weighted by Gasteiger charge is 2.21. The number of aliphatic hydroxyl groups excluding tert-OH is 1. The third kappa shape index (κ3) is 5.72. The zero-order valence-electron chi connectivity index (χ0n) is 12.0. The summed E-state index contributed by atoms with van der Waals surface area (Å²) < 4.78 is 5.38. The van der Waals surface area contributed by atoms with Gasteiger partial charge in [0.25, 0.3) is 0 Å². The van der Waals surface area contributed by atoms with Crippen molar-refractivity contribution in [1.82, 2.24) is 5.32 Å². The summed E-state index contributed by atoms with van der Waals surface area (Å²) in [7, 11) is 0. The smallest absolute Gasteiger partial charge is 0.224 e. The molecule has 4 heteroatoms. The lowest BCUT2D eigenvalue weighted by atomic mass is 10.1. The molecule has 0 saturated heterocycles. The molecule has 110 valence electrons. The minimum Gasteiger partial charge on any atom is -0.389 e. The zero-order chi connectivity index (χ0) is 14.4. The summed E-state index contributed by atoms with van der Waals surface area (Å²) in [5.74, 6) is 0.619. The largest absolute Gasteiger partial charge is 0.389 e. The molecule has 2 rings (SSSR count). The van der Waals surface area contributed by atoms with Crippen LogP contribution in [-0.4, -0.2) is 36.9 Å². The van der Waals surface area contributed by atoms with Crippen LogP contribution in [0.25, 0.3) is 0 Å². The first-order chi connectivity index (χ1) is 9.63. The number of rotatable bonds is 8. The summed E-state index contributed by atoms with van der Waals surface area (Å²) in [5, 5.41) is 12.4. The van der Waals surface area contributed by atoms with Gasteiger partial charge in [0.15, 0.2) is 0 Å². The van der Waals surface area contributed by atoms with Crippen LogP contribution in [0.15, 0.2) is 24.3 Å². The van der Waals surface area contributed by atoms with Crippen LogP contribution in [0.5, 0.6) is 0 Å². The Morgan fingerprint density at radius 2 is 2.10 bits per heavy atom. The maximum absolute atomic E-state index is 11.7. The number of carbonyl (C=O) groups is 1. The van der Waals surface area contributed by atoms with Gasteiger partial charge in [0.05, 0.1) is 19.1 Å². The summed E-state index contributed by atoms with van der Waals surface area (Å²) in [6.07, 6.45) is 2.19. The number of ether oxygens (including phenoxy) is 1. The third-order valence-corrected chi connectivity index (χ3v) is 3.38. The lowest BCUT2D eigenvalue weighted by molar-refractivity contribution is -0.121. The molecular formula is C16H23NO3. The first-order valence-electron chi connectivity index (χ1n) is 7.21. The Morgan fingerprint density at radius 3 is 2.75 bits per heavy atom. The van der Waals surface area contributed by atoms with E-state index in [2.05, 4.69) is 5.32 Å². The monoisotopic (exact) mass is 277 g/mol. The van der Waals surface area contributed by atoms with Gasteiger partial charge in [-0.15, -0.1) is 0 Å². The summed E-state index contributed by atoms with van der Waals surface area (Å²) in [5.41, 5.74) is 2.16. The van der Waals surface area contributed by atoms with Crippen molar-refractivity contribution in [3.05, 3.63) is 35.4 Å². The minimum atomic E-state index is -0.629. The molecule has 1 aromatic rings. The van der Waals surface area contributed by atoms with Crippen LogP contribution in [0.4, 0.5) is 0 Å². The molecule has 1 unspecified atom stereocenters. The molecule has 0 bridgehead atoms. The van der Waals surface area contributed by atoms with Gasteiger partial charge in [-0.2, -0.15) is 0 Å². The zero-order valence-corrected chi connectivity index (χ0v) is 12.0. The highest BCUT2D eigenvalue weighted by Crippen LogP contribution is 2.28. The first-order valence-corrected chi connectivity index (χ1v) is 7.21. The number of carbonyl (C=O) groups excluding carboxylic acids is 1. The Bertz CT molecular complexity index is 426. The second kappa shape index (κ2) is 7.41. The van der Waals surface area contributed by atoms with Crippen molar-refractivity contribution >= 4 is 5.91 Å². The highest BCUT2D eigenvalue weighted by atomic mass is 16.5. The predicted molar refractivity (Wildman–Crippen MR) is 77.4 cm³/mol. The Morgan fingerprint density at radius 1 is 1.40 bits per heavy atom. The van der Waals surface area contributed by atoms with Crippen LogP contribution in [0.1, 0.15) is 24.0 Å². The third-order valence-electron chi connectivity index (χ3n) is 3.38. The molecule has 4 nitrogen and oxygen atoms in total. The van der Waals surface area contributed by atoms with Gasteiger partial charge in [-0.05, 0) is 31.2 Å². The lowest BCUT2D eigenvalue weighted by Gasteiger charge is -2.12. The molecule has 0 spiro atoms. The fourth-order valence-corrected chi connectivity index (χ4v) is 1.90. The molecule has 2 N–H and O–H groups in total. The average Bonchev–Trinajstić information content (AvgIpc) is 3.23. The number of aryl methyl sites for hydroxylation is 1. The first kappa shape index (κ1) is 15.0. The molecule has 1 atom stereocenters. The lowest BCUT2D eigenvalue weighted by Crippen LogP contribution is -2.35. The fourth-order valence-electron chi connectivity index (χ4n) is 1.90. The molecule has 1 aromatic carbocycles. The normalized spacial score (nSPS) is 15.9. The molecule has 0 aromatic heterocycles. The standard InChI is InChI=1S/C16H23NO3/c1-12-2-4-13(5-3-12)8-16(19)17-9-15(18)11-20-10-14-6-7-14/h2-5,14-15,18H,6-11H2,1H3,(H,17,19). The summed E-state index contributed by atoms with van der Waals surface area (Å²) in [6.45, 7) is 3.28. The van der Waals surface area contributed by atoms with E-state index in [1.165, 1.54) is 18.4 Å². The van der Waals surface area contributed by atoms with E-state index >= 15 is 0 Å². The SMILES string of the molecule is Cc1ccc(CC(=O)NCC(O)COCC2CC2)cc1. The number of amides is 1. The summed E-state index contributed by atoms with van der Waals surface area (Å²) in [4.78, 5) is 11.7. The van der Waals surface area contributed by atoms with E-state index in [0.29, 0.717) is 18.9 Å². The molecule has 1 amide bonds. The van der Waals surface area contributed by atoms with Gasteiger partial charge < -0.3 is 15.2 Å². The van der Waals surface area contributed by atoms with Crippen molar-refractivity contribution in [2.45, 2.75) is 32.3 Å². The maximum Gasteiger partial charge on any atom is 0.224 e. The molecule has 1 aliphatic carbocycles. The molecule has 1 saturated carbocycles. The van der Waals surface area contributed by atoms with E-state index in [1.54, 1.807) is 0 Å². The van der Waals surface area contributed by atoms with Crippen LogP contribution >= 0.6 is 0 Å². The van der Waals surface area contributed by atoms with E-state index in [9.17, 15) is 9.90 Å². The van der Waals surface area contributed by atoms with E-state index in [0.717, 1.165) is 12.2 Å². The van der Waals surface area contributed by atoms with Gasteiger partial charge >= 0.3 is 0 Å². The minimum absolute atomic E-state index is 0.0740. The highest BCUT2D eigenvalue weighted by molar-refractivity contribution is 5.78. The average molecular weight is 277 g/mol. The van der Waals surface area contributed by atoms with E-state index in [1.807, 2.05) is 31.2 Å². The Kier molecular flexibility index (Phi) is 5.56. The second-order valence-corrected chi connectivity index (χ2v) is 5.60. The van der Waals surface area contributed by atoms with Gasteiger partial charge in [-0.3, -0.25) is 4.79 Å². The van der Waals surface area contributed by atoms with Gasteiger partial charge in [-0.25, -0.2) is 0 Å². The Labute approximate surface area is 120 Å². The molecule has 1 fully saturated rings. The number of benzene rings is 1. The topological polar surface area (TPSA) is 58.6 Å². The van der Waals surface area contributed by atoms with Crippen LogP contribution in [0, 0.1) is 12.8 Å². The van der Waals surface area contributed by atoms with E-state index in [-0.39, 0.29) is 12.5 Å². The van der Waals surface area contributed by atoms with Crippen LogP contribution in [-0.2, 0) is 16.0 Å². The Balaban J connectivity index is 1.59. The fraction of sp³-hybridized carbons (Fsp3) is 0.562. The van der Waals surface area contributed by atoms with Crippen molar-refractivity contribution in [2.75, 3.05) is 19.8 Å². The summed E-state index contributed by atoms with van der Waals surface area (Å²) in [6, 6.07) is 7.88. The molecule has 20 heavy (non-hydrogen) atoms. The van der Waals surface area contributed by atoms with Gasteiger partial charge in [0.2, 0.25) is 5.91 Å². The van der Waals surface area contributed by atoms with Crippen molar-refractivity contribution in [2.24, 2.45) is 5.92 Å². The molecule has 0 aliphatic heterocycles. The Hall–Kier alpha value is -1.39. The summed E-state index contributed by atoms with van der Waals surface area (Å²) >= 11 is 0. The van der Waals surface area contributed by atoms with Crippen molar-refractivity contribution < 1.29 is 14.6 Å². The molecular weight excluding hydrogens is 254 g/mol. The van der Waals surface area contributed by atoms with Gasteiger partial charge in [0.1, 0.15) is 0 Å². The molecule has 1 aliphatic rings. The number of nitrogens with one attached hydrogen (secondary N) is 1. The van der Waals surface area contributed by atoms with Crippen LogP contribution < -0.4 is 5.32 Å². The van der Waals surface area contributed by atoms with Crippen LogP contribution in [0.3, 0.4) is 0 Å². The van der Waals surface area contributed by atoms with Crippen molar-refractivity contribution in [3.8, 4) is 0 Å².